The van der Waals surface area contributed by atoms with Gasteiger partial charge < -0.3 is 19.7 Å². The third-order valence-corrected chi connectivity index (χ3v) is 8.72. The number of carbonyl (C=O) groups is 1. The zero-order valence-electron chi connectivity index (χ0n) is 23.3. The Hall–Kier alpha value is -2.77. The van der Waals surface area contributed by atoms with Gasteiger partial charge in [0.2, 0.25) is 0 Å². The Morgan fingerprint density at radius 1 is 1.13 bits per heavy atom. The van der Waals surface area contributed by atoms with Crippen molar-refractivity contribution in [3.05, 3.63) is 59.3 Å². The van der Waals surface area contributed by atoms with Gasteiger partial charge in [-0.3, -0.25) is 9.78 Å². The summed E-state index contributed by atoms with van der Waals surface area (Å²) in [6, 6.07) is 4.54. The second-order valence-electron chi connectivity index (χ2n) is 11.7. The summed E-state index contributed by atoms with van der Waals surface area (Å²) in [6.07, 6.45) is 12.0. The fourth-order valence-corrected chi connectivity index (χ4v) is 6.22. The molecule has 204 valence electrons. The molecule has 2 fully saturated rings. The van der Waals surface area contributed by atoms with Crippen LogP contribution < -0.4 is 5.32 Å². The van der Waals surface area contributed by atoms with Gasteiger partial charge in [-0.15, -0.1) is 0 Å². The number of nitrogens with zero attached hydrogens (tertiary/aromatic N) is 4. The number of amides is 1. The van der Waals surface area contributed by atoms with Gasteiger partial charge in [0.1, 0.15) is 5.82 Å². The number of piperidine rings is 2. The van der Waals surface area contributed by atoms with E-state index in [0.717, 1.165) is 36.5 Å². The van der Waals surface area contributed by atoms with E-state index < -0.39 is 5.82 Å². The summed E-state index contributed by atoms with van der Waals surface area (Å²) in [6.45, 7) is 11.9. The molecule has 4 heterocycles. The number of carbonyl (C=O) groups excluding carboxylic acids is 1. The molecular weight excluding hydrogens is 477 g/mol. The van der Waals surface area contributed by atoms with Crippen molar-refractivity contribution in [3.63, 3.8) is 0 Å². The molecule has 5 rings (SSSR count). The SMILES string of the molecule is Cc1cncc2c1c(CC1CCN(CC3CCNCC3)CC1)cn2-c1ccc(F)cc1C(=O)N(C)C(C)C. The van der Waals surface area contributed by atoms with Crippen molar-refractivity contribution in [2.75, 3.05) is 39.8 Å². The number of pyridine rings is 1. The Kier molecular flexibility index (Phi) is 8.15. The molecule has 1 aromatic carbocycles. The van der Waals surface area contributed by atoms with Gasteiger partial charge in [-0.1, -0.05) is 0 Å². The van der Waals surface area contributed by atoms with Crippen LogP contribution in [0.1, 0.15) is 61.0 Å². The molecule has 2 aliphatic heterocycles. The zero-order valence-corrected chi connectivity index (χ0v) is 23.3. The number of benzene rings is 1. The van der Waals surface area contributed by atoms with E-state index >= 15 is 0 Å². The van der Waals surface area contributed by atoms with Crippen LogP contribution in [0.25, 0.3) is 16.6 Å². The molecule has 2 aromatic heterocycles. The minimum atomic E-state index is -0.406. The second kappa shape index (κ2) is 11.5. The van der Waals surface area contributed by atoms with Crippen LogP contribution in [0.2, 0.25) is 0 Å². The summed E-state index contributed by atoms with van der Waals surface area (Å²) >= 11 is 0. The maximum absolute atomic E-state index is 14.4. The van der Waals surface area contributed by atoms with Crippen molar-refractivity contribution in [1.82, 2.24) is 24.7 Å². The van der Waals surface area contributed by atoms with Crippen LogP contribution in [0.4, 0.5) is 4.39 Å². The standard InChI is InChI=1S/C31H42FN5O/c1-21(2)35(4)31(38)27-16-26(32)5-6-28(27)37-20-25(30-22(3)17-34-18-29(30)37)15-23-9-13-36(14-10-23)19-24-7-11-33-12-8-24/h5-6,16-18,20-21,23-24,33H,7-15,19H2,1-4H3. The molecule has 0 atom stereocenters. The van der Waals surface area contributed by atoms with E-state index in [9.17, 15) is 9.18 Å². The minimum Gasteiger partial charge on any atom is -0.339 e. The largest absolute Gasteiger partial charge is 0.339 e. The molecule has 0 unspecified atom stereocenters. The number of rotatable bonds is 7. The van der Waals surface area contributed by atoms with Gasteiger partial charge in [0, 0.05) is 37.4 Å². The Bertz CT molecular complexity index is 1270. The number of nitrogens with one attached hydrogen (secondary N) is 1. The molecule has 2 saturated heterocycles. The summed E-state index contributed by atoms with van der Waals surface area (Å²) in [5, 5.41) is 4.68. The molecule has 0 saturated carbocycles. The number of aromatic nitrogens is 2. The first-order valence-electron chi connectivity index (χ1n) is 14.3. The summed E-state index contributed by atoms with van der Waals surface area (Å²) in [5.74, 6) is 0.881. The summed E-state index contributed by atoms with van der Waals surface area (Å²) < 4.78 is 16.4. The van der Waals surface area contributed by atoms with E-state index in [4.69, 9.17) is 0 Å². The molecule has 0 bridgehead atoms. The first-order valence-corrected chi connectivity index (χ1v) is 14.3. The predicted molar refractivity (Wildman–Crippen MR) is 151 cm³/mol. The van der Waals surface area contributed by atoms with Crippen molar-refractivity contribution >= 4 is 16.8 Å². The Balaban J connectivity index is 1.40. The number of hydrogen-bond donors (Lipinski definition) is 1. The Morgan fingerprint density at radius 3 is 2.58 bits per heavy atom. The second-order valence-corrected chi connectivity index (χ2v) is 11.7. The minimum absolute atomic E-state index is 0.0140. The lowest BCUT2D eigenvalue weighted by Gasteiger charge is -2.35. The lowest BCUT2D eigenvalue weighted by atomic mass is 9.88. The van der Waals surface area contributed by atoms with Gasteiger partial charge >= 0.3 is 0 Å². The van der Waals surface area contributed by atoms with Crippen LogP contribution >= 0.6 is 0 Å². The third kappa shape index (κ3) is 5.64. The van der Waals surface area contributed by atoms with Gasteiger partial charge in [-0.25, -0.2) is 4.39 Å². The zero-order chi connectivity index (χ0) is 26.8. The van der Waals surface area contributed by atoms with Crippen molar-refractivity contribution in [3.8, 4) is 5.69 Å². The maximum Gasteiger partial charge on any atom is 0.256 e. The highest BCUT2D eigenvalue weighted by Gasteiger charge is 2.26. The fourth-order valence-electron chi connectivity index (χ4n) is 6.22. The van der Waals surface area contributed by atoms with E-state index in [1.165, 1.54) is 68.4 Å². The van der Waals surface area contributed by atoms with Crippen LogP contribution in [0.5, 0.6) is 0 Å². The van der Waals surface area contributed by atoms with Crippen LogP contribution in [0, 0.1) is 24.6 Å². The molecule has 2 aliphatic rings. The number of aryl methyl sites for hydroxylation is 1. The molecule has 1 N–H and O–H groups in total. The highest BCUT2D eigenvalue weighted by Crippen LogP contribution is 2.33. The third-order valence-electron chi connectivity index (χ3n) is 8.72. The molecule has 0 spiro atoms. The first-order chi connectivity index (χ1) is 18.3. The molecule has 7 heteroatoms. The van der Waals surface area contributed by atoms with Crippen molar-refractivity contribution in [1.29, 1.82) is 0 Å². The first kappa shape index (κ1) is 26.8. The van der Waals surface area contributed by atoms with Crippen LogP contribution in [0.15, 0.2) is 36.8 Å². The predicted octanol–water partition coefficient (Wildman–Crippen LogP) is 5.21. The highest BCUT2D eigenvalue weighted by atomic mass is 19.1. The highest BCUT2D eigenvalue weighted by molar-refractivity contribution is 5.99. The van der Waals surface area contributed by atoms with E-state index in [-0.39, 0.29) is 11.9 Å². The summed E-state index contributed by atoms with van der Waals surface area (Å²) in [5.41, 5.74) is 4.46. The maximum atomic E-state index is 14.4. The molecule has 3 aromatic rings. The Morgan fingerprint density at radius 2 is 1.87 bits per heavy atom. The number of likely N-dealkylation sites (tertiary alicyclic amines) is 1. The van der Waals surface area contributed by atoms with Gasteiger partial charge in [0.05, 0.1) is 23.0 Å². The Labute approximate surface area is 226 Å². The van der Waals surface area contributed by atoms with Crippen LogP contribution in [-0.2, 0) is 6.42 Å². The quantitative estimate of drug-likeness (QED) is 0.466. The van der Waals surface area contributed by atoms with Crippen LogP contribution in [-0.4, -0.2) is 71.1 Å². The monoisotopic (exact) mass is 519 g/mol. The fraction of sp³-hybridized carbons (Fsp3) is 0.548. The topological polar surface area (TPSA) is 53.4 Å². The van der Waals surface area contributed by atoms with Crippen molar-refractivity contribution in [2.45, 2.75) is 58.9 Å². The van der Waals surface area contributed by atoms with E-state index in [1.54, 1.807) is 18.0 Å². The van der Waals surface area contributed by atoms with E-state index in [1.807, 2.05) is 26.2 Å². The lowest BCUT2D eigenvalue weighted by molar-refractivity contribution is 0.0754. The molecule has 38 heavy (non-hydrogen) atoms. The lowest BCUT2D eigenvalue weighted by Crippen LogP contribution is -2.40. The molecular formula is C31H42FN5O. The summed E-state index contributed by atoms with van der Waals surface area (Å²) in [4.78, 5) is 22.2. The smallest absolute Gasteiger partial charge is 0.256 e. The summed E-state index contributed by atoms with van der Waals surface area (Å²) in [7, 11) is 1.77. The molecule has 1 amide bonds. The normalized spacial score (nSPS) is 17.9. The average Bonchev–Trinajstić information content (AvgIpc) is 3.28. The van der Waals surface area contributed by atoms with E-state index in [0.29, 0.717) is 17.2 Å². The molecule has 6 nitrogen and oxygen atoms in total. The average molecular weight is 520 g/mol. The van der Waals surface area contributed by atoms with E-state index in [2.05, 4.69) is 32.9 Å². The van der Waals surface area contributed by atoms with Gasteiger partial charge in [-0.05, 0) is 120 Å². The van der Waals surface area contributed by atoms with Crippen LogP contribution in [0.3, 0.4) is 0 Å². The van der Waals surface area contributed by atoms with Gasteiger partial charge in [0.25, 0.3) is 5.91 Å². The molecule has 0 radical (unpaired) electrons. The molecule has 0 aliphatic carbocycles. The number of fused-ring (bicyclic) bond motifs is 1. The van der Waals surface area contributed by atoms with Crippen molar-refractivity contribution < 1.29 is 9.18 Å². The number of hydrogen-bond acceptors (Lipinski definition) is 4. The van der Waals surface area contributed by atoms with Crippen molar-refractivity contribution in [2.24, 2.45) is 11.8 Å². The van der Waals surface area contributed by atoms with Gasteiger partial charge in [0.15, 0.2) is 0 Å². The van der Waals surface area contributed by atoms with Gasteiger partial charge in [-0.2, -0.15) is 0 Å². The number of halogens is 1.